The van der Waals surface area contributed by atoms with E-state index in [0.717, 1.165) is 22.4 Å². The Labute approximate surface area is 143 Å². The lowest BCUT2D eigenvalue weighted by Gasteiger charge is -2.16. The maximum Gasteiger partial charge on any atom is 0.142 e. The van der Waals surface area contributed by atoms with Crippen molar-refractivity contribution in [1.82, 2.24) is 19.5 Å². The highest BCUT2D eigenvalue weighted by molar-refractivity contribution is 6.30. The summed E-state index contributed by atoms with van der Waals surface area (Å²) in [5.74, 6) is 0.763. The van der Waals surface area contributed by atoms with Crippen LogP contribution in [0.5, 0.6) is 0 Å². The molecular weight excluding hydrogens is 324 g/mol. The van der Waals surface area contributed by atoms with Crippen molar-refractivity contribution in [1.29, 1.82) is 0 Å². The normalized spacial score (nSPS) is 12.5. The number of rotatable bonds is 5. The summed E-state index contributed by atoms with van der Waals surface area (Å²) in [5, 5.41) is 0.691. The van der Waals surface area contributed by atoms with Crippen LogP contribution in [0.25, 0.3) is 11.0 Å². The van der Waals surface area contributed by atoms with Crippen molar-refractivity contribution in [2.24, 2.45) is 0 Å². The van der Waals surface area contributed by atoms with Gasteiger partial charge in [-0.15, -0.1) is 0 Å². The molecule has 0 aliphatic rings. The highest BCUT2D eigenvalue weighted by Crippen LogP contribution is 2.27. The van der Waals surface area contributed by atoms with Gasteiger partial charge in [0.1, 0.15) is 18.7 Å². The van der Waals surface area contributed by atoms with E-state index < -0.39 is 0 Å². The zero-order valence-electron chi connectivity index (χ0n) is 12.8. The molecular formula is C18H15ClN4O. The minimum Gasteiger partial charge on any atom is -0.345 e. The first kappa shape index (κ1) is 14.9. The molecule has 120 valence electrons. The molecule has 2 heterocycles. The lowest BCUT2D eigenvalue weighted by atomic mass is 10.1. The van der Waals surface area contributed by atoms with Crippen LogP contribution in [0.1, 0.15) is 17.5 Å². The van der Waals surface area contributed by atoms with Crippen molar-refractivity contribution in [2.75, 3.05) is 0 Å². The number of imidazole rings is 2. The highest BCUT2D eigenvalue weighted by atomic mass is 35.5. The van der Waals surface area contributed by atoms with Crippen molar-refractivity contribution in [2.45, 2.75) is 12.8 Å². The van der Waals surface area contributed by atoms with Crippen molar-refractivity contribution in [3.63, 3.8) is 0 Å². The first-order chi connectivity index (χ1) is 11.8. The fourth-order valence-corrected chi connectivity index (χ4v) is 2.72. The highest BCUT2D eigenvalue weighted by Gasteiger charge is 2.19. The van der Waals surface area contributed by atoms with Crippen LogP contribution in [0.2, 0.25) is 5.02 Å². The van der Waals surface area contributed by atoms with Gasteiger partial charge in [-0.2, -0.15) is 0 Å². The molecule has 0 saturated carbocycles. The van der Waals surface area contributed by atoms with Crippen molar-refractivity contribution < 1.29 is 4.74 Å². The molecule has 0 aliphatic heterocycles. The minimum absolute atomic E-state index is 0.322. The second-order valence-electron chi connectivity index (χ2n) is 5.44. The second kappa shape index (κ2) is 6.47. The Balaban J connectivity index is 1.69. The van der Waals surface area contributed by atoms with E-state index >= 15 is 0 Å². The van der Waals surface area contributed by atoms with E-state index in [-0.39, 0.29) is 6.10 Å². The molecule has 0 saturated heterocycles. The van der Waals surface area contributed by atoms with Crippen LogP contribution in [0.4, 0.5) is 0 Å². The van der Waals surface area contributed by atoms with Gasteiger partial charge in [0, 0.05) is 17.4 Å². The van der Waals surface area contributed by atoms with E-state index in [4.69, 9.17) is 16.3 Å². The number of para-hydroxylation sites is 2. The smallest absolute Gasteiger partial charge is 0.142 e. The Bertz CT molecular complexity index is 898. The third kappa shape index (κ3) is 3.04. The number of aromatic nitrogens is 4. The summed E-state index contributed by atoms with van der Waals surface area (Å²) >= 11 is 6.01. The lowest BCUT2D eigenvalue weighted by molar-refractivity contribution is 0.0249. The van der Waals surface area contributed by atoms with E-state index in [2.05, 4.69) is 15.0 Å². The Morgan fingerprint density at radius 2 is 1.96 bits per heavy atom. The predicted octanol–water partition coefficient (Wildman–Crippen LogP) is 4.18. The van der Waals surface area contributed by atoms with Gasteiger partial charge in [-0.25, -0.2) is 9.97 Å². The fraction of sp³-hybridized carbons (Fsp3) is 0.111. The van der Waals surface area contributed by atoms with E-state index in [0.29, 0.717) is 11.8 Å². The molecule has 0 radical (unpaired) electrons. The summed E-state index contributed by atoms with van der Waals surface area (Å²) in [5.41, 5.74) is 2.88. The van der Waals surface area contributed by atoms with E-state index in [1.807, 2.05) is 59.3 Å². The predicted molar refractivity (Wildman–Crippen MR) is 92.7 cm³/mol. The van der Waals surface area contributed by atoms with Gasteiger partial charge in [-0.3, -0.25) is 0 Å². The molecule has 1 unspecified atom stereocenters. The van der Waals surface area contributed by atoms with E-state index in [1.165, 1.54) is 0 Å². The molecule has 0 fully saturated rings. The van der Waals surface area contributed by atoms with Crippen LogP contribution in [0.15, 0.2) is 67.3 Å². The largest absolute Gasteiger partial charge is 0.345 e. The minimum atomic E-state index is -0.322. The Kier molecular flexibility index (Phi) is 4.02. The third-order valence-corrected chi connectivity index (χ3v) is 4.03. The zero-order chi connectivity index (χ0) is 16.4. The molecule has 1 N–H and O–H groups in total. The summed E-state index contributed by atoms with van der Waals surface area (Å²) in [6, 6.07) is 15.5. The molecule has 1 atom stereocenters. The van der Waals surface area contributed by atoms with Gasteiger partial charge < -0.3 is 14.3 Å². The number of halogens is 1. The topological polar surface area (TPSA) is 55.7 Å². The molecule has 4 rings (SSSR count). The SMILES string of the molecule is Clc1ccc(C(OCn2ccnc2)c2nc3ccccc3[nH]2)cc1. The van der Waals surface area contributed by atoms with E-state index in [9.17, 15) is 0 Å². The number of H-pyrrole nitrogens is 1. The summed E-state index contributed by atoms with van der Waals surface area (Å²) in [6.45, 7) is 0.379. The van der Waals surface area contributed by atoms with Crippen LogP contribution >= 0.6 is 11.6 Å². The monoisotopic (exact) mass is 338 g/mol. The number of hydrogen-bond acceptors (Lipinski definition) is 3. The van der Waals surface area contributed by atoms with Gasteiger partial charge in [0.2, 0.25) is 0 Å². The average molecular weight is 339 g/mol. The molecule has 0 bridgehead atoms. The number of nitrogens with zero attached hydrogens (tertiary/aromatic N) is 3. The first-order valence-electron chi connectivity index (χ1n) is 7.57. The lowest BCUT2D eigenvalue weighted by Crippen LogP contribution is -2.11. The molecule has 0 amide bonds. The molecule has 24 heavy (non-hydrogen) atoms. The van der Waals surface area contributed by atoms with E-state index in [1.54, 1.807) is 12.5 Å². The molecule has 2 aromatic heterocycles. The summed E-state index contributed by atoms with van der Waals surface area (Å²) in [7, 11) is 0. The van der Waals surface area contributed by atoms with Gasteiger partial charge >= 0.3 is 0 Å². The summed E-state index contributed by atoms with van der Waals surface area (Å²) in [6.07, 6.45) is 4.98. The summed E-state index contributed by atoms with van der Waals surface area (Å²) < 4.78 is 7.98. The van der Waals surface area contributed by atoms with Gasteiger partial charge in [0.15, 0.2) is 0 Å². The Hall–Kier alpha value is -2.63. The van der Waals surface area contributed by atoms with Gasteiger partial charge in [0.05, 0.1) is 17.4 Å². The van der Waals surface area contributed by atoms with Crippen LogP contribution < -0.4 is 0 Å². The molecule has 2 aromatic carbocycles. The number of benzene rings is 2. The second-order valence-corrected chi connectivity index (χ2v) is 5.88. The maximum atomic E-state index is 6.11. The first-order valence-corrected chi connectivity index (χ1v) is 7.95. The van der Waals surface area contributed by atoms with Crippen LogP contribution in [0, 0.1) is 0 Å². The number of fused-ring (bicyclic) bond motifs is 1. The standard InChI is InChI=1S/C18H15ClN4O/c19-14-7-5-13(6-8-14)17(24-12-23-10-9-20-11-23)18-21-15-3-1-2-4-16(15)22-18/h1-11,17H,12H2,(H,21,22). The van der Waals surface area contributed by atoms with Gasteiger partial charge in [-0.05, 0) is 29.8 Å². The Morgan fingerprint density at radius 3 is 2.71 bits per heavy atom. The number of hydrogen-bond donors (Lipinski definition) is 1. The van der Waals surface area contributed by atoms with Crippen molar-refractivity contribution in [3.05, 3.63) is 83.7 Å². The maximum absolute atomic E-state index is 6.11. The number of nitrogens with one attached hydrogen (secondary N) is 1. The molecule has 0 aliphatic carbocycles. The third-order valence-electron chi connectivity index (χ3n) is 3.78. The van der Waals surface area contributed by atoms with Gasteiger partial charge in [-0.1, -0.05) is 35.9 Å². The molecule has 0 spiro atoms. The van der Waals surface area contributed by atoms with Crippen LogP contribution in [-0.2, 0) is 11.5 Å². The van der Waals surface area contributed by atoms with Crippen molar-refractivity contribution >= 4 is 22.6 Å². The van der Waals surface area contributed by atoms with Crippen molar-refractivity contribution in [3.8, 4) is 0 Å². The van der Waals surface area contributed by atoms with Crippen LogP contribution in [0.3, 0.4) is 0 Å². The number of ether oxygens (including phenoxy) is 1. The molecule has 5 nitrogen and oxygen atoms in total. The summed E-state index contributed by atoms with van der Waals surface area (Å²) in [4.78, 5) is 12.1. The quantitative estimate of drug-likeness (QED) is 0.594. The van der Waals surface area contributed by atoms with Crippen LogP contribution in [-0.4, -0.2) is 19.5 Å². The Morgan fingerprint density at radius 1 is 1.12 bits per heavy atom. The zero-order valence-corrected chi connectivity index (χ0v) is 13.5. The molecule has 6 heteroatoms. The number of aromatic amines is 1. The molecule has 4 aromatic rings. The average Bonchev–Trinajstić information content (AvgIpc) is 3.25. The fourth-order valence-electron chi connectivity index (χ4n) is 2.59. The van der Waals surface area contributed by atoms with Gasteiger partial charge in [0.25, 0.3) is 0 Å².